The van der Waals surface area contributed by atoms with Crippen molar-refractivity contribution in [2.45, 2.75) is 45.7 Å². The molecule has 2 rings (SSSR count). The molecule has 3 heteroatoms. The summed E-state index contributed by atoms with van der Waals surface area (Å²) in [6.45, 7) is 8.72. The molecule has 1 saturated heterocycles. The highest BCUT2D eigenvalue weighted by Crippen LogP contribution is 2.32. The van der Waals surface area contributed by atoms with Crippen LogP contribution in [0.1, 0.15) is 37.9 Å². The van der Waals surface area contributed by atoms with E-state index in [0.29, 0.717) is 0 Å². The van der Waals surface area contributed by atoms with Gasteiger partial charge in [-0.25, -0.2) is 4.98 Å². The van der Waals surface area contributed by atoms with Gasteiger partial charge in [0.15, 0.2) is 0 Å². The lowest BCUT2D eigenvalue weighted by molar-refractivity contribution is 0.514. The van der Waals surface area contributed by atoms with E-state index in [1.165, 1.54) is 18.4 Å². The van der Waals surface area contributed by atoms with Crippen LogP contribution >= 0.6 is 0 Å². The van der Waals surface area contributed by atoms with Crippen LogP contribution in [-0.2, 0) is 6.54 Å². The van der Waals surface area contributed by atoms with E-state index in [-0.39, 0.29) is 5.54 Å². The van der Waals surface area contributed by atoms with Gasteiger partial charge in [-0.1, -0.05) is 0 Å². The van der Waals surface area contributed by atoms with Crippen LogP contribution < -0.4 is 10.2 Å². The Bertz CT molecular complexity index is 398. The largest absolute Gasteiger partial charge is 0.351 e. The molecule has 1 aromatic rings. The first-order valence-electron chi connectivity index (χ1n) is 6.43. The lowest BCUT2D eigenvalue weighted by atomic mass is 10.0. The minimum Gasteiger partial charge on any atom is -0.351 e. The van der Waals surface area contributed by atoms with Crippen molar-refractivity contribution in [1.82, 2.24) is 10.3 Å². The minimum atomic E-state index is 0.248. The third kappa shape index (κ3) is 2.60. The maximum atomic E-state index is 4.69. The van der Waals surface area contributed by atoms with E-state index in [2.05, 4.69) is 43.1 Å². The van der Waals surface area contributed by atoms with Crippen molar-refractivity contribution in [3.8, 4) is 0 Å². The van der Waals surface area contributed by atoms with E-state index in [0.717, 1.165) is 24.6 Å². The summed E-state index contributed by atoms with van der Waals surface area (Å²) in [6, 6.07) is 4.37. The van der Waals surface area contributed by atoms with Crippen molar-refractivity contribution >= 4 is 5.82 Å². The van der Waals surface area contributed by atoms with Gasteiger partial charge in [0.2, 0.25) is 0 Å². The molecule has 0 bridgehead atoms. The number of aryl methyl sites for hydroxylation is 1. The number of rotatable bonds is 3. The monoisotopic (exact) mass is 233 g/mol. The van der Waals surface area contributed by atoms with Crippen molar-refractivity contribution in [2.24, 2.45) is 0 Å². The van der Waals surface area contributed by atoms with Crippen molar-refractivity contribution in [2.75, 3.05) is 18.5 Å². The SMILES string of the molecule is CNCc1cc(C)nc(N2CCCC2(C)C)c1. The van der Waals surface area contributed by atoms with Crippen molar-refractivity contribution < 1.29 is 0 Å². The van der Waals surface area contributed by atoms with Gasteiger partial charge in [-0.3, -0.25) is 0 Å². The molecule has 1 aromatic heterocycles. The van der Waals surface area contributed by atoms with Crippen LogP contribution in [0.4, 0.5) is 5.82 Å². The molecular weight excluding hydrogens is 210 g/mol. The zero-order valence-corrected chi connectivity index (χ0v) is 11.4. The third-order valence-electron chi connectivity index (χ3n) is 3.56. The maximum Gasteiger partial charge on any atom is 0.129 e. The van der Waals surface area contributed by atoms with Crippen molar-refractivity contribution in [1.29, 1.82) is 0 Å². The average Bonchev–Trinajstić information content (AvgIpc) is 2.57. The second kappa shape index (κ2) is 4.65. The van der Waals surface area contributed by atoms with Gasteiger partial charge in [0, 0.05) is 24.3 Å². The van der Waals surface area contributed by atoms with Gasteiger partial charge in [-0.2, -0.15) is 0 Å². The molecule has 3 nitrogen and oxygen atoms in total. The quantitative estimate of drug-likeness (QED) is 0.869. The van der Waals surface area contributed by atoms with Gasteiger partial charge >= 0.3 is 0 Å². The Morgan fingerprint density at radius 1 is 1.41 bits per heavy atom. The van der Waals surface area contributed by atoms with Gasteiger partial charge in [-0.05, 0) is 58.4 Å². The van der Waals surface area contributed by atoms with E-state index in [9.17, 15) is 0 Å². The first-order valence-corrected chi connectivity index (χ1v) is 6.43. The molecule has 1 N–H and O–H groups in total. The van der Waals surface area contributed by atoms with Crippen LogP contribution in [0.25, 0.3) is 0 Å². The van der Waals surface area contributed by atoms with Crippen LogP contribution in [0.15, 0.2) is 12.1 Å². The Kier molecular flexibility index (Phi) is 3.38. The normalized spacial score (nSPS) is 18.7. The molecule has 1 aliphatic rings. The van der Waals surface area contributed by atoms with Gasteiger partial charge in [0.25, 0.3) is 0 Å². The fraction of sp³-hybridized carbons (Fsp3) is 0.643. The Morgan fingerprint density at radius 2 is 2.18 bits per heavy atom. The Balaban J connectivity index is 2.31. The number of hydrogen-bond acceptors (Lipinski definition) is 3. The van der Waals surface area contributed by atoms with Gasteiger partial charge < -0.3 is 10.2 Å². The van der Waals surface area contributed by atoms with Crippen LogP contribution in [-0.4, -0.2) is 24.1 Å². The summed E-state index contributed by atoms with van der Waals surface area (Å²) in [5.41, 5.74) is 2.67. The second-order valence-corrected chi connectivity index (χ2v) is 5.57. The molecule has 0 aliphatic carbocycles. The molecule has 1 fully saturated rings. The predicted molar refractivity (Wildman–Crippen MR) is 72.4 cm³/mol. The first kappa shape index (κ1) is 12.4. The Labute approximate surface area is 104 Å². The summed E-state index contributed by atoms with van der Waals surface area (Å²) in [6.07, 6.45) is 2.52. The highest BCUT2D eigenvalue weighted by atomic mass is 15.3. The van der Waals surface area contributed by atoms with Gasteiger partial charge in [-0.15, -0.1) is 0 Å². The highest BCUT2D eigenvalue weighted by molar-refractivity contribution is 5.46. The molecule has 0 unspecified atom stereocenters. The smallest absolute Gasteiger partial charge is 0.129 e. The second-order valence-electron chi connectivity index (χ2n) is 5.57. The third-order valence-corrected chi connectivity index (χ3v) is 3.56. The van der Waals surface area contributed by atoms with E-state index in [1.54, 1.807) is 0 Å². The van der Waals surface area contributed by atoms with Crippen LogP contribution in [0.2, 0.25) is 0 Å². The summed E-state index contributed by atoms with van der Waals surface area (Å²) in [5, 5.41) is 3.20. The number of anilines is 1. The highest BCUT2D eigenvalue weighted by Gasteiger charge is 2.32. The average molecular weight is 233 g/mol. The number of pyridine rings is 1. The van der Waals surface area contributed by atoms with Crippen LogP contribution in [0, 0.1) is 6.92 Å². The standard InChI is InChI=1S/C14H23N3/c1-11-8-12(10-15-4)9-13(16-11)17-7-5-6-14(17,2)3/h8-9,15H,5-7,10H2,1-4H3. The van der Waals surface area contributed by atoms with Crippen molar-refractivity contribution in [3.05, 3.63) is 23.4 Å². The minimum absolute atomic E-state index is 0.248. The molecule has 0 spiro atoms. The Morgan fingerprint density at radius 3 is 2.76 bits per heavy atom. The fourth-order valence-corrected chi connectivity index (χ4v) is 2.70. The molecule has 2 heterocycles. The molecule has 0 saturated carbocycles. The van der Waals surface area contributed by atoms with Gasteiger partial charge in [0.05, 0.1) is 0 Å². The molecule has 0 radical (unpaired) electrons. The number of nitrogens with one attached hydrogen (secondary N) is 1. The Hall–Kier alpha value is -1.09. The molecule has 0 aromatic carbocycles. The van der Waals surface area contributed by atoms with Crippen LogP contribution in [0.3, 0.4) is 0 Å². The fourth-order valence-electron chi connectivity index (χ4n) is 2.70. The molecule has 0 amide bonds. The lowest BCUT2D eigenvalue weighted by Crippen LogP contribution is -2.38. The van der Waals surface area contributed by atoms with Crippen LogP contribution in [0.5, 0.6) is 0 Å². The first-order chi connectivity index (χ1) is 8.03. The topological polar surface area (TPSA) is 28.2 Å². The molecule has 1 aliphatic heterocycles. The summed E-state index contributed by atoms with van der Waals surface area (Å²) >= 11 is 0. The lowest BCUT2D eigenvalue weighted by Gasteiger charge is -2.33. The zero-order chi connectivity index (χ0) is 12.5. The molecule has 0 atom stereocenters. The summed E-state index contributed by atoms with van der Waals surface area (Å²) in [7, 11) is 1.98. The summed E-state index contributed by atoms with van der Waals surface area (Å²) in [4.78, 5) is 7.14. The van der Waals surface area contributed by atoms with E-state index in [1.807, 2.05) is 7.05 Å². The zero-order valence-electron chi connectivity index (χ0n) is 11.4. The van der Waals surface area contributed by atoms with E-state index in [4.69, 9.17) is 4.98 Å². The number of aromatic nitrogens is 1. The molecule has 94 valence electrons. The van der Waals surface area contributed by atoms with E-state index >= 15 is 0 Å². The van der Waals surface area contributed by atoms with Gasteiger partial charge in [0.1, 0.15) is 5.82 Å². The summed E-state index contributed by atoms with van der Waals surface area (Å²) < 4.78 is 0. The molecular formula is C14H23N3. The number of hydrogen-bond donors (Lipinski definition) is 1. The number of nitrogens with zero attached hydrogens (tertiary/aromatic N) is 2. The predicted octanol–water partition coefficient (Wildman–Crippen LogP) is 2.49. The maximum absolute atomic E-state index is 4.69. The van der Waals surface area contributed by atoms with Crippen molar-refractivity contribution in [3.63, 3.8) is 0 Å². The van der Waals surface area contributed by atoms with E-state index < -0.39 is 0 Å². The molecule has 17 heavy (non-hydrogen) atoms. The summed E-state index contributed by atoms with van der Waals surface area (Å²) in [5.74, 6) is 1.14.